The second kappa shape index (κ2) is 14.3. The number of hydrogen-bond donors (Lipinski definition) is 0. The molecule has 2 aromatic rings. The Morgan fingerprint density at radius 2 is 1.65 bits per heavy atom. The van der Waals surface area contributed by atoms with Crippen molar-refractivity contribution in [3.05, 3.63) is 70.8 Å². The Bertz CT molecular complexity index is 805. The molecule has 0 heterocycles. The van der Waals surface area contributed by atoms with E-state index in [0.717, 1.165) is 41.9 Å². The molecule has 0 aliphatic carbocycles. The summed E-state index contributed by atoms with van der Waals surface area (Å²) >= 11 is 0. The third-order valence-electron chi connectivity index (χ3n) is 4.73. The van der Waals surface area contributed by atoms with Gasteiger partial charge in [-0.05, 0) is 68.0 Å². The number of hydrogen-bond acceptors (Lipinski definition) is 5. The number of aryl methyl sites for hydroxylation is 3. The van der Waals surface area contributed by atoms with Gasteiger partial charge in [-0.1, -0.05) is 41.6 Å². The molecule has 5 nitrogen and oxygen atoms in total. The smallest absolute Gasteiger partial charge is 0.125 e. The lowest BCUT2D eigenvalue weighted by Gasteiger charge is -2.14. The molecule has 0 bridgehead atoms. The second-order valence-corrected chi connectivity index (χ2v) is 7.35. The van der Waals surface area contributed by atoms with Crippen LogP contribution >= 0.6 is 0 Å². The molecule has 2 rings (SSSR count). The van der Waals surface area contributed by atoms with E-state index in [1.807, 2.05) is 31.2 Å². The minimum atomic E-state index is 0.582. The van der Waals surface area contributed by atoms with Crippen LogP contribution in [0.1, 0.15) is 42.0 Å². The molecule has 0 spiro atoms. The molecule has 0 aliphatic heterocycles. The average Bonchev–Trinajstić information content (AvgIpc) is 2.76. The van der Waals surface area contributed by atoms with Gasteiger partial charge in [0.2, 0.25) is 0 Å². The molecule has 168 valence electrons. The number of ether oxygens (including phenoxy) is 3. The van der Waals surface area contributed by atoms with Crippen LogP contribution in [0.4, 0.5) is 0 Å². The molecule has 0 unspecified atom stereocenters. The van der Waals surface area contributed by atoms with Gasteiger partial charge in [0.05, 0.1) is 19.8 Å². The monoisotopic (exact) mass is 425 g/mol. The normalized spacial score (nSPS) is 11.4. The summed E-state index contributed by atoms with van der Waals surface area (Å²) in [7, 11) is 1.56. The third kappa shape index (κ3) is 9.26. The zero-order chi connectivity index (χ0) is 22.3. The van der Waals surface area contributed by atoms with Gasteiger partial charge in [0.1, 0.15) is 25.2 Å². The highest BCUT2D eigenvalue weighted by Crippen LogP contribution is 2.28. The quantitative estimate of drug-likeness (QED) is 0.166. The lowest BCUT2D eigenvalue weighted by molar-refractivity contribution is 0.107. The van der Waals surface area contributed by atoms with Crippen molar-refractivity contribution in [3.8, 4) is 11.5 Å². The first-order valence-electron chi connectivity index (χ1n) is 10.8. The van der Waals surface area contributed by atoms with Crippen LogP contribution in [0.25, 0.3) is 0 Å². The summed E-state index contributed by atoms with van der Waals surface area (Å²) in [6, 6.07) is 12.6. The summed E-state index contributed by atoms with van der Waals surface area (Å²) in [6.45, 7) is 8.57. The Morgan fingerprint density at radius 1 is 0.935 bits per heavy atom. The van der Waals surface area contributed by atoms with Gasteiger partial charge >= 0.3 is 0 Å². The highest BCUT2D eigenvalue weighted by Gasteiger charge is 2.07. The van der Waals surface area contributed by atoms with Gasteiger partial charge in [0, 0.05) is 12.6 Å². The minimum Gasteiger partial charge on any atom is -0.493 e. The van der Waals surface area contributed by atoms with Crippen LogP contribution in [0.3, 0.4) is 0 Å². The highest BCUT2D eigenvalue weighted by atomic mass is 16.6. The van der Waals surface area contributed by atoms with E-state index in [0.29, 0.717) is 26.4 Å². The minimum absolute atomic E-state index is 0.582. The lowest BCUT2D eigenvalue weighted by Crippen LogP contribution is -2.05. The Hall–Kier alpha value is -2.79. The fraction of sp³-hybridized carbons (Fsp3) is 0.423. The molecule has 0 radical (unpaired) electrons. The van der Waals surface area contributed by atoms with Crippen molar-refractivity contribution in [2.24, 2.45) is 5.16 Å². The van der Waals surface area contributed by atoms with Crippen molar-refractivity contribution >= 4 is 6.21 Å². The van der Waals surface area contributed by atoms with Gasteiger partial charge in [-0.15, -0.1) is 0 Å². The van der Waals surface area contributed by atoms with Crippen molar-refractivity contribution < 1.29 is 19.0 Å². The van der Waals surface area contributed by atoms with Crippen LogP contribution in [0, 0.1) is 13.8 Å². The maximum atomic E-state index is 6.00. The Morgan fingerprint density at radius 3 is 2.32 bits per heavy atom. The highest BCUT2D eigenvalue weighted by molar-refractivity contribution is 5.56. The summed E-state index contributed by atoms with van der Waals surface area (Å²) in [5, 5.41) is 3.75. The van der Waals surface area contributed by atoms with Crippen molar-refractivity contribution in [1.29, 1.82) is 0 Å². The molecule has 0 aromatic heterocycles. The van der Waals surface area contributed by atoms with Crippen LogP contribution in [-0.4, -0.2) is 33.1 Å². The first kappa shape index (κ1) is 24.5. The first-order chi connectivity index (χ1) is 15.1. The molecule has 0 amide bonds. The van der Waals surface area contributed by atoms with Crippen molar-refractivity contribution in [1.82, 2.24) is 0 Å². The van der Waals surface area contributed by atoms with E-state index in [4.69, 9.17) is 14.2 Å². The number of benzene rings is 2. The molecular weight excluding hydrogens is 390 g/mol. The van der Waals surface area contributed by atoms with Crippen molar-refractivity contribution in [3.63, 3.8) is 0 Å². The van der Waals surface area contributed by atoms with E-state index in [9.17, 15) is 0 Å². The van der Waals surface area contributed by atoms with E-state index in [1.165, 1.54) is 11.1 Å². The van der Waals surface area contributed by atoms with Gasteiger partial charge in [-0.3, -0.25) is 0 Å². The summed E-state index contributed by atoms with van der Waals surface area (Å²) in [5.41, 5.74) is 4.63. The molecule has 0 atom stereocenters. The maximum absolute atomic E-state index is 6.00. The van der Waals surface area contributed by atoms with Gasteiger partial charge in [0.15, 0.2) is 0 Å². The zero-order valence-electron chi connectivity index (χ0n) is 19.2. The largest absolute Gasteiger partial charge is 0.493 e. The van der Waals surface area contributed by atoms with Crippen LogP contribution in [0.5, 0.6) is 11.5 Å². The topological polar surface area (TPSA) is 49.3 Å². The molecule has 5 heteroatoms. The van der Waals surface area contributed by atoms with E-state index in [2.05, 4.69) is 48.1 Å². The molecular formula is C26H35NO4. The van der Waals surface area contributed by atoms with Crippen molar-refractivity contribution in [2.75, 3.05) is 26.9 Å². The van der Waals surface area contributed by atoms with E-state index in [-0.39, 0.29) is 0 Å². The number of oxime groups is 1. The number of nitrogens with zero attached hydrogens (tertiary/aromatic N) is 1. The molecule has 0 saturated carbocycles. The van der Waals surface area contributed by atoms with E-state index < -0.39 is 0 Å². The molecule has 2 aromatic carbocycles. The van der Waals surface area contributed by atoms with Crippen LogP contribution in [-0.2, 0) is 22.6 Å². The second-order valence-electron chi connectivity index (χ2n) is 7.35. The van der Waals surface area contributed by atoms with Gasteiger partial charge in [-0.2, -0.15) is 0 Å². The Balaban J connectivity index is 1.66. The van der Waals surface area contributed by atoms with Gasteiger partial charge < -0.3 is 19.0 Å². The maximum Gasteiger partial charge on any atom is 0.125 e. The Labute approximate surface area is 186 Å². The summed E-state index contributed by atoms with van der Waals surface area (Å²) in [5.74, 6) is 1.81. The first-order valence-corrected chi connectivity index (χ1v) is 10.8. The van der Waals surface area contributed by atoms with E-state index >= 15 is 0 Å². The van der Waals surface area contributed by atoms with Crippen LogP contribution in [0.15, 0.2) is 53.7 Å². The van der Waals surface area contributed by atoms with Crippen LogP contribution < -0.4 is 9.47 Å². The molecule has 0 saturated heterocycles. The van der Waals surface area contributed by atoms with Gasteiger partial charge in [-0.25, -0.2) is 0 Å². The molecule has 31 heavy (non-hydrogen) atoms. The lowest BCUT2D eigenvalue weighted by atomic mass is 10.1. The van der Waals surface area contributed by atoms with Crippen molar-refractivity contribution in [2.45, 2.75) is 46.6 Å². The average molecular weight is 426 g/mol. The number of rotatable bonds is 14. The predicted octanol–water partition coefficient (Wildman–Crippen LogP) is 5.81. The third-order valence-corrected chi connectivity index (χ3v) is 4.73. The molecule has 0 aliphatic rings. The number of allylic oxidation sites excluding steroid dienone is 1. The zero-order valence-corrected chi connectivity index (χ0v) is 19.2. The standard InChI is InChI=1S/C26H35NO4/c1-5-6-16-30-25-18-21(2)26(22(3)19-25)31-17-8-15-29-20-24-12-10-23(11-13-24)9-7-14-27-28-4/h5-6,10-14,18-19H,7-9,15-17,20H2,1-4H3/b6-5+,27-14+. The molecule has 0 fully saturated rings. The fourth-order valence-electron chi connectivity index (χ4n) is 3.15. The Kier molecular flexibility index (Phi) is 11.3. The van der Waals surface area contributed by atoms with E-state index in [1.54, 1.807) is 13.3 Å². The van der Waals surface area contributed by atoms with Gasteiger partial charge in [0.25, 0.3) is 0 Å². The fourth-order valence-corrected chi connectivity index (χ4v) is 3.15. The summed E-state index contributed by atoms with van der Waals surface area (Å²) in [4.78, 5) is 4.67. The SMILES string of the molecule is C/C=C/COc1cc(C)c(OCCCOCc2ccc(CC/C=N/OC)cc2)c(C)c1. The van der Waals surface area contributed by atoms with Crippen LogP contribution in [0.2, 0.25) is 0 Å². The molecule has 0 N–H and O–H groups in total. The predicted molar refractivity (Wildman–Crippen MR) is 126 cm³/mol. The summed E-state index contributed by atoms with van der Waals surface area (Å²) in [6.07, 6.45) is 8.42. The summed E-state index contributed by atoms with van der Waals surface area (Å²) < 4.78 is 17.5.